The maximum Gasteiger partial charge on any atom is 0.246 e. The zero-order valence-electron chi connectivity index (χ0n) is 19.6. The Labute approximate surface area is 195 Å². The van der Waals surface area contributed by atoms with Crippen molar-refractivity contribution in [2.45, 2.75) is 33.7 Å². The number of carbonyl (C=O) groups is 2. The van der Waals surface area contributed by atoms with Crippen LogP contribution in [0, 0.1) is 20.8 Å². The highest BCUT2D eigenvalue weighted by molar-refractivity contribution is 5.98. The van der Waals surface area contributed by atoms with Gasteiger partial charge in [-0.25, -0.2) is 0 Å². The number of benzene rings is 3. The third kappa shape index (κ3) is 6.43. The summed E-state index contributed by atoms with van der Waals surface area (Å²) in [4.78, 5) is 26.0. The Morgan fingerprint density at radius 2 is 1.52 bits per heavy atom. The molecule has 0 radical (unpaired) electrons. The van der Waals surface area contributed by atoms with Crippen molar-refractivity contribution < 1.29 is 14.3 Å². The van der Waals surface area contributed by atoms with Crippen LogP contribution in [0.25, 0.3) is 0 Å². The van der Waals surface area contributed by atoms with Gasteiger partial charge in [-0.05, 0) is 56.5 Å². The number of nitrogens with one attached hydrogen (secondary N) is 3. The predicted molar refractivity (Wildman–Crippen MR) is 133 cm³/mol. The number of hydrogen-bond donors (Lipinski definition) is 3. The molecule has 3 aromatic carbocycles. The lowest BCUT2D eigenvalue weighted by atomic mass is 10.0. The molecule has 1 atom stereocenters. The van der Waals surface area contributed by atoms with E-state index in [2.05, 4.69) is 16.0 Å². The second kappa shape index (κ2) is 11.3. The van der Waals surface area contributed by atoms with Crippen molar-refractivity contribution in [1.82, 2.24) is 5.32 Å². The van der Waals surface area contributed by atoms with Gasteiger partial charge in [-0.2, -0.15) is 0 Å². The fourth-order valence-electron chi connectivity index (χ4n) is 3.82. The van der Waals surface area contributed by atoms with Crippen LogP contribution in [-0.4, -0.2) is 25.0 Å². The van der Waals surface area contributed by atoms with Gasteiger partial charge >= 0.3 is 0 Å². The van der Waals surface area contributed by atoms with Crippen LogP contribution in [0.4, 0.5) is 11.4 Å². The zero-order valence-corrected chi connectivity index (χ0v) is 19.6. The molecule has 0 aliphatic rings. The highest BCUT2D eigenvalue weighted by Crippen LogP contribution is 2.26. The number of aryl methyl sites for hydroxylation is 3. The second-order valence-corrected chi connectivity index (χ2v) is 7.96. The summed E-state index contributed by atoms with van der Waals surface area (Å²) < 4.78 is 5.62. The van der Waals surface area contributed by atoms with E-state index in [0.717, 1.165) is 27.9 Å². The van der Waals surface area contributed by atoms with Gasteiger partial charge in [0, 0.05) is 5.69 Å². The van der Waals surface area contributed by atoms with E-state index in [1.54, 1.807) is 6.07 Å². The smallest absolute Gasteiger partial charge is 0.246 e. The van der Waals surface area contributed by atoms with Crippen LogP contribution in [0.2, 0.25) is 0 Å². The van der Waals surface area contributed by atoms with E-state index in [1.807, 2.05) is 88.4 Å². The Kier molecular flexibility index (Phi) is 8.22. The number of carbonyl (C=O) groups excluding carboxylic acids is 2. The molecule has 0 fully saturated rings. The predicted octanol–water partition coefficient (Wildman–Crippen LogP) is 4.92. The molecule has 0 aromatic heterocycles. The van der Waals surface area contributed by atoms with E-state index in [0.29, 0.717) is 18.0 Å². The summed E-state index contributed by atoms with van der Waals surface area (Å²) in [5.41, 5.74) is 5.31. The number of rotatable bonds is 9. The molecule has 6 nitrogen and oxygen atoms in total. The molecule has 0 saturated heterocycles. The van der Waals surface area contributed by atoms with E-state index in [-0.39, 0.29) is 18.4 Å². The van der Waals surface area contributed by atoms with Crippen molar-refractivity contribution >= 4 is 23.2 Å². The van der Waals surface area contributed by atoms with Crippen molar-refractivity contribution in [2.75, 3.05) is 23.8 Å². The average molecular weight is 446 g/mol. The van der Waals surface area contributed by atoms with Crippen LogP contribution in [0.3, 0.4) is 0 Å². The molecule has 6 heteroatoms. The molecule has 0 spiro atoms. The number of hydrogen-bond acceptors (Lipinski definition) is 4. The highest BCUT2D eigenvalue weighted by Gasteiger charge is 2.22. The zero-order chi connectivity index (χ0) is 23.8. The molecule has 0 bridgehead atoms. The number of anilines is 2. The van der Waals surface area contributed by atoms with E-state index >= 15 is 0 Å². The largest absolute Gasteiger partial charge is 0.492 e. The molecule has 3 N–H and O–H groups in total. The summed E-state index contributed by atoms with van der Waals surface area (Å²) >= 11 is 0. The van der Waals surface area contributed by atoms with Crippen molar-refractivity contribution in [1.29, 1.82) is 0 Å². The molecule has 2 amide bonds. The number of amides is 2. The molecule has 33 heavy (non-hydrogen) atoms. The Hall–Kier alpha value is -3.64. The molecule has 0 aliphatic carbocycles. The minimum atomic E-state index is -0.716. The van der Waals surface area contributed by atoms with Gasteiger partial charge in [0.15, 0.2) is 0 Å². The van der Waals surface area contributed by atoms with Gasteiger partial charge in [0.25, 0.3) is 0 Å². The third-order valence-electron chi connectivity index (χ3n) is 5.25. The molecule has 0 saturated carbocycles. The Morgan fingerprint density at radius 1 is 0.879 bits per heavy atom. The van der Waals surface area contributed by atoms with Crippen molar-refractivity contribution in [3.63, 3.8) is 0 Å². The lowest BCUT2D eigenvalue weighted by Gasteiger charge is -2.20. The summed E-state index contributed by atoms with van der Waals surface area (Å²) in [5, 5.41) is 9.02. The lowest BCUT2D eigenvalue weighted by molar-refractivity contribution is -0.119. The summed E-state index contributed by atoms with van der Waals surface area (Å²) in [6, 6.07) is 20.0. The SMILES string of the molecule is CCOc1ccccc1NC(=O)C(NCC(=O)Nc1c(C)cc(C)cc1C)c1ccccc1. The highest BCUT2D eigenvalue weighted by atomic mass is 16.5. The minimum Gasteiger partial charge on any atom is -0.492 e. The van der Waals surface area contributed by atoms with E-state index in [9.17, 15) is 9.59 Å². The molecular weight excluding hydrogens is 414 g/mol. The Morgan fingerprint density at radius 3 is 2.18 bits per heavy atom. The standard InChI is InChI=1S/C27H31N3O3/c1-5-33-23-14-10-9-13-22(23)29-27(32)26(21-11-7-6-8-12-21)28-17-24(31)30-25-19(3)15-18(2)16-20(25)4/h6-16,26,28H,5,17H2,1-4H3,(H,29,32)(H,30,31). The van der Waals surface area contributed by atoms with Crippen molar-refractivity contribution in [3.8, 4) is 5.75 Å². The van der Waals surface area contributed by atoms with Gasteiger partial charge in [-0.15, -0.1) is 0 Å². The van der Waals surface area contributed by atoms with Crippen LogP contribution in [0.5, 0.6) is 5.75 Å². The second-order valence-electron chi connectivity index (χ2n) is 7.96. The first-order chi connectivity index (χ1) is 15.9. The normalized spacial score (nSPS) is 11.5. The maximum absolute atomic E-state index is 13.2. The summed E-state index contributed by atoms with van der Waals surface area (Å²) in [6.45, 7) is 8.33. The fourth-order valence-corrected chi connectivity index (χ4v) is 3.82. The molecular formula is C27H31N3O3. The van der Waals surface area contributed by atoms with Gasteiger partial charge in [0.05, 0.1) is 18.8 Å². The van der Waals surface area contributed by atoms with Gasteiger partial charge in [0.1, 0.15) is 11.8 Å². The van der Waals surface area contributed by atoms with Gasteiger partial charge in [-0.1, -0.05) is 60.2 Å². The summed E-state index contributed by atoms with van der Waals surface area (Å²) in [7, 11) is 0. The molecule has 1 unspecified atom stereocenters. The maximum atomic E-state index is 13.2. The molecule has 3 rings (SSSR count). The van der Waals surface area contributed by atoms with E-state index in [4.69, 9.17) is 4.74 Å². The quantitative estimate of drug-likeness (QED) is 0.437. The topological polar surface area (TPSA) is 79.5 Å². The van der Waals surface area contributed by atoms with Crippen LogP contribution >= 0.6 is 0 Å². The lowest BCUT2D eigenvalue weighted by Crippen LogP contribution is -2.38. The first-order valence-electron chi connectivity index (χ1n) is 11.1. The summed E-state index contributed by atoms with van der Waals surface area (Å²) in [6.07, 6.45) is 0. The Balaban J connectivity index is 1.74. The van der Waals surface area contributed by atoms with Gasteiger partial charge < -0.3 is 15.4 Å². The average Bonchev–Trinajstić information content (AvgIpc) is 2.78. The number of ether oxygens (including phenoxy) is 1. The van der Waals surface area contributed by atoms with Gasteiger partial charge in [-0.3, -0.25) is 14.9 Å². The van der Waals surface area contributed by atoms with Gasteiger partial charge in [0.2, 0.25) is 11.8 Å². The first-order valence-corrected chi connectivity index (χ1v) is 11.1. The minimum absolute atomic E-state index is 0.0210. The van der Waals surface area contributed by atoms with Crippen LogP contribution in [0.1, 0.15) is 35.2 Å². The van der Waals surface area contributed by atoms with Crippen LogP contribution in [0.15, 0.2) is 66.7 Å². The van der Waals surface area contributed by atoms with Crippen LogP contribution < -0.4 is 20.7 Å². The Bertz CT molecular complexity index is 1090. The van der Waals surface area contributed by atoms with E-state index < -0.39 is 6.04 Å². The molecule has 0 aliphatic heterocycles. The molecule has 0 heterocycles. The fraction of sp³-hybridized carbons (Fsp3) is 0.259. The van der Waals surface area contributed by atoms with Crippen LogP contribution in [-0.2, 0) is 9.59 Å². The molecule has 172 valence electrons. The van der Waals surface area contributed by atoms with Crippen molar-refractivity contribution in [3.05, 3.63) is 89.0 Å². The van der Waals surface area contributed by atoms with E-state index in [1.165, 1.54) is 0 Å². The van der Waals surface area contributed by atoms with Crippen molar-refractivity contribution in [2.24, 2.45) is 0 Å². The third-order valence-corrected chi connectivity index (χ3v) is 5.25. The summed E-state index contributed by atoms with van der Waals surface area (Å²) in [5.74, 6) is 0.112. The number of para-hydroxylation sites is 2. The molecule has 3 aromatic rings. The first kappa shape index (κ1) is 24.0. The monoisotopic (exact) mass is 445 g/mol.